The van der Waals surface area contributed by atoms with Crippen molar-refractivity contribution >= 4 is 18.3 Å². The molecule has 0 saturated carbocycles. The molecule has 1 unspecified atom stereocenters. The number of halogens is 1. The first-order chi connectivity index (χ1) is 11.7. The Labute approximate surface area is 153 Å². The summed E-state index contributed by atoms with van der Waals surface area (Å²) in [6.07, 6.45) is -0.162. The van der Waals surface area contributed by atoms with Crippen molar-refractivity contribution in [3.8, 4) is 11.5 Å². The Bertz CT molecular complexity index is 781. The fraction of sp³-hybridized carbons (Fsp3) is 0.316. The highest BCUT2D eigenvalue weighted by molar-refractivity contribution is 5.94. The number of benzene rings is 2. The molecule has 2 heterocycles. The van der Waals surface area contributed by atoms with Gasteiger partial charge in [0.15, 0.2) is 17.6 Å². The van der Waals surface area contributed by atoms with Crippen LogP contribution in [0.1, 0.15) is 21.5 Å². The fourth-order valence-corrected chi connectivity index (χ4v) is 3.19. The van der Waals surface area contributed by atoms with Crippen LogP contribution in [-0.4, -0.2) is 37.1 Å². The molecule has 4 rings (SSSR count). The summed E-state index contributed by atoms with van der Waals surface area (Å²) in [6, 6.07) is 13.5. The average molecular weight is 361 g/mol. The summed E-state index contributed by atoms with van der Waals surface area (Å²) in [5, 5.41) is 3.30. The number of nitrogens with one attached hydrogen (secondary N) is 1. The van der Waals surface area contributed by atoms with Crippen LogP contribution in [0.3, 0.4) is 0 Å². The second kappa shape index (κ2) is 7.33. The summed E-state index contributed by atoms with van der Waals surface area (Å²) >= 11 is 0. The van der Waals surface area contributed by atoms with Gasteiger partial charge in [0.2, 0.25) is 0 Å². The van der Waals surface area contributed by atoms with Gasteiger partial charge in [-0.3, -0.25) is 4.79 Å². The molecule has 2 aliphatic rings. The number of carbonyl (C=O) groups excluding carboxylic acids is 1. The molecule has 1 N–H and O–H groups in total. The molecule has 5 nitrogen and oxygen atoms in total. The number of fused-ring (bicyclic) bond motifs is 2. The molecule has 2 aromatic rings. The van der Waals surface area contributed by atoms with Crippen LogP contribution in [0.25, 0.3) is 0 Å². The zero-order chi connectivity index (χ0) is 16.5. The van der Waals surface area contributed by atoms with E-state index in [4.69, 9.17) is 9.47 Å². The standard InChI is InChI=1S/C19H20N2O3.ClH/c1-21(11-16-12-23-17-4-2-3-5-18(17)24-16)19(22)13-6-7-14-9-20-10-15(14)8-13;/h2-8,16,20H,9-12H2,1H3;1H. The molecular weight excluding hydrogens is 340 g/mol. The number of carbonyl (C=O) groups is 1. The number of hydrogen-bond donors (Lipinski definition) is 1. The number of para-hydroxylation sites is 2. The van der Waals surface area contributed by atoms with E-state index in [1.54, 1.807) is 11.9 Å². The molecule has 0 saturated heterocycles. The van der Waals surface area contributed by atoms with Crippen molar-refractivity contribution in [1.82, 2.24) is 10.2 Å². The Hall–Kier alpha value is -2.24. The van der Waals surface area contributed by atoms with Gasteiger partial charge in [-0.05, 0) is 35.4 Å². The summed E-state index contributed by atoms with van der Waals surface area (Å²) in [5.74, 6) is 1.50. The van der Waals surface area contributed by atoms with Gasteiger partial charge in [0.1, 0.15) is 6.61 Å². The maximum Gasteiger partial charge on any atom is 0.253 e. The third-order valence-electron chi connectivity index (χ3n) is 4.48. The molecule has 0 aromatic heterocycles. The van der Waals surface area contributed by atoms with Crippen molar-refractivity contribution in [3.05, 3.63) is 59.2 Å². The van der Waals surface area contributed by atoms with Crippen LogP contribution in [0.5, 0.6) is 11.5 Å². The first-order valence-corrected chi connectivity index (χ1v) is 8.17. The zero-order valence-electron chi connectivity index (χ0n) is 14.0. The lowest BCUT2D eigenvalue weighted by atomic mass is 10.1. The van der Waals surface area contributed by atoms with E-state index >= 15 is 0 Å². The molecule has 132 valence electrons. The van der Waals surface area contributed by atoms with E-state index in [1.807, 2.05) is 42.5 Å². The molecule has 0 spiro atoms. The van der Waals surface area contributed by atoms with E-state index in [2.05, 4.69) is 5.32 Å². The van der Waals surface area contributed by atoms with Gasteiger partial charge in [0, 0.05) is 25.7 Å². The van der Waals surface area contributed by atoms with Gasteiger partial charge in [-0.1, -0.05) is 18.2 Å². The van der Waals surface area contributed by atoms with Gasteiger partial charge in [-0.2, -0.15) is 0 Å². The van der Waals surface area contributed by atoms with Crippen LogP contribution in [0.15, 0.2) is 42.5 Å². The monoisotopic (exact) mass is 360 g/mol. The maximum atomic E-state index is 12.7. The molecule has 1 amide bonds. The number of rotatable bonds is 3. The maximum absolute atomic E-state index is 12.7. The van der Waals surface area contributed by atoms with Crippen molar-refractivity contribution in [2.24, 2.45) is 0 Å². The Kier molecular flexibility index (Phi) is 5.16. The van der Waals surface area contributed by atoms with E-state index in [-0.39, 0.29) is 24.4 Å². The molecule has 2 aromatic carbocycles. The van der Waals surface area contributed by atoms with Crippen molar-refractivity contribution in [3.63, 3.8) is 0 Å². The minimum Gasteiger partial charge on any atom is -0.486 e. The first-order valence-electron chi connectivity index (χ1n) is 8.17. The summed E-state index contributed by atoms with van der Waals surface area (Å²) in [5.41, 5.74) is 3.20. The van der Waals surface area contributed by atoms with Gasteiger partial charge in [0.05, 0.1) is 6.54 Å². The Morgan fingerprint density at radius 3 is 2.76 bits per heavy atom. The highest BCUT2D eigenvalue weighted by Crippen LogP contribution is 2.31. The van der Waals surface area contributed by atoms with Crippen molar-refractivity contribution in [2.75, 3.05) is 20.2 Å². The van der Waals surface area contributed by atoms with E-state index in [1.165, 1.54) is 11.1 Å². The zero-order valence-corrected chi connectivity index (χ0v) is 14.8. The average Bonchev–Trinajstić information content (AvgIpc) is 3.08. The van der Waals surface area contributed by atoms with Crippen LogP contribution in [0.2, 0.25) is 0 Å². The minimum atomic E-state index is -0.162. The number of hydrogen-bond acceptors (Lipinski definition) is 4. The third kappa shape index (κ3) is 3.57. The van der Waals surface area contributed by atoms with Crippen molar-refractivity contribution in [2.45, 2.75) is 19.2 Å². The summed E-state index contributed by atoms with van der Waals surface area (Å²) in [6.45, 7) is 2.65. The van der Waals surface area contributed by atoms with Crippen LogP contribution in [0.4, 0.5) is 0 Å². The van der Waals surface area contributed by atoms with E-state index in [9.17, 15) is 4.79 Å². The second-order valence-electron chi connectivity index (χ2n) is 6.27. The molecule has 0 aliphatic carbocycles. The Morgan fingerprint density at radius 1 is 1.16 bits per heavy atom. The molecule has 0 fully saturated rings. The molecule has 2 aliphatic heterocycles. The van der Waals surface area contributed by atoms with Crippen LogP contribution in [0, 0.1) is 0 Å². The molecular formula is C19H21ClN2O3. The molecule has 1 atom stereocenters. The predicted octanol–water partition coefficient (Wildman–Crippen LogP) is 2.62. The quantitative estimate of drug-likeness (QED) is 0.914. The van der Waals surface area contributed by atoms with Gasteiger partial charge in [0.25, 0.3) is 5.91 Å². The molecule has 25 heavy (non-hydrogen) atoms. The van der Waals surface area contributed by atoms with E-state index in [0.717, 1.165) is 30.2 Å². The summed E-state index contributed by atoms with van der Waals surface area (Å²) < 4.78 is 11.6. The van der Waals surface area contributed by atoms with Crippen LogP contribution in [-0.2, 0) is 13.1 Å². The lowest BCUT2D eigenvalue weighted by Gasteiger charge is -2.29. The largest absolute Gasteiger partial charge is 0.486 e. The van der Waals surface area contributed by atoms with E-state index < -0.39 is 0 Å². The number of nitrogens with zero attached hydrogens (tertiary/aromatic N) is 1. The highest BCUT2D eigenvalue weighted by Gasteiger charge is 2.24. The predicted molar refractivity (Wildman–Crippen MR) is 97.5 cm³/mol. The van der Waals surface area contributed by atoms with Gasteiger partial charge < -0.3 is 19.7 Å². The number of likely N-dealkylation sites (N-methyl/N-ethyl adjacent to an activating group) is 1. The lowest BCUT2D eigenvalue weighted by Crippen LogP contribution is -2.41. The van der Waals surface area contributed by atoms with Crippen molar-refractivity contribution in [1.29, 1.82) is 0 Å². The van der Waals surface area contributed by atoms with Crippen LogP contribution < -0.4 is 14.8 Å². The SMILES string of the molecule is CN(CC1COc2ccccc2O1)C(=O)c1ccc2c(c1)CNC2.Cl. The smallest absolute Gasteiger partial charge is 0.253 e. The lowest BCUT2D eigenvalue weighted by molar-refractivity contribution is 0.0521. The Morgan fingerprint density at radius 2 is 1.92 bits per heavy atom. The first kappa shape index (κ1) is 17.6. The third-order valence-corrected chi connectivity index (χ3v) is 4.48. The summed E-state index contributed by atoms with van der Waals surface area (Å²) in [4.78, 5) is 14.4. The second-order valence-corrected chi connectivity index (χ2v) is 6.27. The molecule has 0 radical (unpaired) electrons. The minimum absolute atomic E-state index is 0. The van der Waals surface area contributed by atoms with E-state index in [0.29, 0.717) is 13.2 Å². The van der Waals surface area contributed by atoms with Crippen molar-refractivity contribution < 1.29 is 14.3 Å². The summed E-state index contributed by atoms with van der Waals surface area (Å²) in [7, 11) is 1.80. The van der Waals surface area contributed by atoms with Gasteiger partial charge in [-0.15, -0.1) is 12.4 Å². The number of amides is 1. The highest BCUT2D eigenvalue weighted by atomic mass is 35.5. The topological polar surface area (TPSA) is 50.8 Å². The van der Waals surface area contributed by atoms with Crippen LogP contribution >= 0.6 is 12.4 Å². The van der Waals surface area contributed by atoms with Gasteiger partial charge in [-0.25, -0.2) is 0 Å². The molecule has 0 bridgehead atoms. The normalized spacial score (nSPS) is 17.4. The van der Waals surface area contributed by atoms with Gasteiger partial charge >= 0.3 is 0 Å². The number of ether oxygens (including phenoxy) is 2. The fourth-order valence-electron chi connectivity index (χ4n) is 3.19. The molecule has 6 heteroatoms. The Balaban J connectivity index is 0.00000182.